The van der Waals surface area contributed by atoms with Gasteiger partial charge in [0.05, 0.1) is 24.1 Å². The van der Waals surface area contributed by atoms with Gasteiger partial charge in [-0.3, -0.25) is 14.9 Å². The number of ether oxygens (including phenoxy) is 1. The lowest BCUT2D eigenvalue weighted by Gasteiger charge is -2.18. The van der Waals surface area contributed by atoms with Gasteiger partial charge in [-0.05, 0) is 6.07 Å². The number of hydrogen-bond donors (Lipinski definition) is 0. The zero-order valence-electron chi connectivity index (χ0n) is 14.8. The van der Waals surface area contributed by atoms with Crippen LogP contribution in [-0.4, -0.2) is 51.6 Å². The summed E-state index contributed by atoms with van der Waals surface area (Å²) in [7, 11) is 2.38. The molecule has 0 aliphatic carbocycles. The van der Waals surface area contributed by atoms with Crippen molar-refractivity contribution in [3.63, 3.8) is 0 Å². The predicted molar refractivity (Wildman–Crippen MR) is 88.5 cm³/mol. The molecule has 1 aromatic carbocycles. The first-order valence-electron chi connectivity index (χ1n) is 7.72. The number of carbonyl (C=O) groups excluding carboxylic acids is 2. The van der Waals surface area contributed by atoms with Crippen LogP contribution in [0, 0.1) is 10.1 Å². The van der Waals surface area contributed by atoms with E-state index in [0.29, 0.717) is 0 Å². The van der Waals surface area contributed by atoms with E-state index in [0.717, 1.165) is 41.0 Å². The molecule has 0 fully saturated rings. The van der Waals surface area contributed by atoms with Crippen molar-refractivity contribution in [2.24, 2.45) is 0 Å². The van der Waals surface area contributed by atoms with Crippen LogP contribution in [-0.2, 0) is 17.8 Å². The predicted octanol–water partition coefficient (Wildman–Crippen LogP) is 2.41. The van der Waals surface area contributed by atoms with Gasteiger partial charge in [-0.2, -0.15) is 13.2 Å². The molecule has 2 aromatic rings. The summed E-state index contributed by atoms with van der Waals surface area (Å²) in [6.07, 6.45) is -2.17. The molecule has 0 radical (unpaired) electrons. The van der Waals surface area contributed by atoms with Gasteiger partial charge in [-0.25, -0.2) is 9.78 Å². The van der Waals surface area contributed by atoms with Crippen molar-refractivity contribution >= 4 is 17.6 Å². The number of nitro groups is 1. The topological polar surface area (TPSA) is 108 Å². The third kappa shape index (κ3) is 5.05. The molecule has 1 aromatic heterocycles. The standard InChI is InChI=1S/C16H15F3N4O5/c1-21(8-13-20-3-4-22(13)9-16(17,18)19)14(24)10-5-11(15(25)28-2)7-12(6-10)23(26)27/h3-7H,8-9H2,1-2H3. The molecular weight excluding hydrogens is 385 g/mol. The van der Waals surface area contributed by atoms with Gasteiger partial charge in [-0.15, -0.1) is 0 Å². The third-order valence-corrected chi connectivity index (χ3v) is 3.67. The molecule has 150 valence electrons. The van der Waals surface area contributed by atoms with E-state index in [1.54, 1.807) is 0 Å². The molecular formula is C16H15F3N4O5. The molecule has 12 heteroatoms. The third-order valence-electron chi connectivity index (χ3n) is 3.67. The van der Waals surface area contributed by atoms with Crippen molar-refractivity contribution in [1.82, 2.24) is 14.5 Å². The van der Waals surface area contributed by atoms with E-state index in [1.165, 1.54) is 13.2 Å². The van der Waals surface area contributed by atoms with Crippen LogP contribution < -0.4 is 0 Å². The minimum absolute atomic E-state index is 0.0215. The van der Waals surface area contributed by atoms with Crippen LogP contribution in [0.2, 0.25) is 0 Å². The summed E-state index contributed by atoms with van der Waals surface area (Å²) in [5, 5.41) is 11.1. The Morgan fingerprint density at radius 1 is 1.29 bits per heavy atom. The molecule has 28 heavy (non-hydrogen) atoms. The summed E-state index contributed by atoms with van der Waals surface area (Å²) in [5.41, 5.74) is -0.892. The molecule has 0 N–H and O–H groups in total. The van der Waals surface area contributed by atoms with Crippen molar-refractivity contribution in [2.75, 3.05) is 14.2 Å². The molecule has 0 aliphatic rings. The molecule has 2 rings (SSSR count). The fourth-order valence-corrected chi connectivity index (χ4v) is 2.41. The normalized spacial score (nSPS) is 11.2. The average molecular weight is 400 g/mol. The van der Waals surface area contributed by atoms with Gasteiger partial charge >= 0.3 is 12.1 Å². The second-order valence-corrected chi connectivity index (χ2v) is 5.77. The second kappa shape index (κ2) is 8.06. The Bertz CT molecular complexity index is 910. The first-order chi connectivity index (χ1) is 13.0. The highest BCUT2D eigenvalue weighted by Crippen LogP contribution is 2.21. The van der Waals surface area contributed by atoms with Gasteiger partial charge in [0.1, 0.15) is 12.4 Å². The summed E-state index contributed by atoms with van der Waals surface area (Å²) >= 11 is 0. The van der Waals surface area contributed by atoms with Crippen LogP contribution in [0.1, 0.15) is 26.5 Å². The number of methoxy groups -OCH3 is 1. The van der Waals surface area contributed by atoms with E-state index in [-0.39, 0.29) is 23.5 Å². The fourth-order valence-electron chi connectivity index (χ4n) is 2.41. The van der Waals surface area contributed by atoms with E-state index in [2.05, 4.69) is 9.72 Å². The number of nitro benzene ring substituents is 1. The Balaban J connectivity index is 2.28. The lowest BCUT2D eigenvalue weighted by molar-refractivity contribution is -0.384. The van der Waals surface area contributed by atoms with Crippen molar-refractivity contribution < 1.29 is 32.4 Å². The molecule has 0 saturated carbocycles. The molecule has 1 amide bonds. The summed E-state index contributed by atoms with van der Waals surface area (Å²) in [4.78, 5) is 39.4. The number of esters is 1. The molecule has 0 spiro atoms. The lowest BCUT2D eigenvalue weighted by atomic mass is 10.1. The Morgan fingerprint density at radius 2 is 1.93 bits per heavy atom. The first-order valence-corrected chi connectivity index (χ1v) is 7.72. The highest BCUT2D eigenvalue weighted by Gasteiger charge is 2.29. The number of aromatic nitrogens is 2. The summed E-state index contributed by atoms with van der Waals surface area (Å²) in [5.74, 6) is -1.64. The van der Waals surface area contributed by atoms with E-state index in [9.17, 15) is 32.9 Å². The van der Waals surface area contributed by atoms with Crippen molar-refractivity contribution in [3.8, 4) is 0 Å². The lowest BCUT2D eigenvalue weighted by Crippen LogP contribution is -2.29. The van der Waals surface area contributed by atoms with Crippen molar-refractivity contribution in [1.29, 1.82) is 0 Å². The number of imidazole rings is 1. The number of rotatable bonds is 6. The number of alkyl halides is 3. The van der Waals surface area contributed by atoms with Crippen LogP contribution in [0.3, 0.4) is 0 Å². The minimum atomic E-state index is -4.46. The summed E-state index contributed by atoms with van der Waals surface area (Å²) in [6, 6.07) is 3.03. The van der Waals surface area contributed by atoms with Crippen molar-refractivity contribution in [3.05, 3.63) is 57.7 Å². The Kier molecular flexibility index (Phi) is 6.01. The van der Waals surface area contributed by atoms with Crippen LogP contribution in [0.25, 0.3) is 0 Å². The number of amides is 1. The van der Waals surface area contributed by atoms with Crippen LogP contribution >= 0.6 is 0 Å². The molecule has 0 atom stereocenters. The van der Waals surface area contributed by atoms with Gasteiger partial charge in [-0.1, -0.05) is 0 Å². The molecule has 0 bridgehead atoms. The number of benzene rings is 1. The van der Waals surface area contributed by atoms with E-state index in [1.807, 2.05) is 0 Å². The molecule has 0 unspecified atom stereocenters. The number of halogens is 3. The van der Waals surface area contributed by atoms with Crippen LogP contribution in [0.4, 0.5) is 18.9 Å². The fraction of sp³-hybridized carbons (Fsp3) is 0.312. The van der Waals surface area contributed by atoms with Gasteiger partial charge in [0.15, 0.2) is 0 Å². The zero-order chi connectivity index (χ0) is 21.1. The number of nitrogens with zero attached hydrogens (tertiary/aromatic N) is 4. The summed E-state index contributed by atoms with van der Waals surface area (Å²) < 4.78 is 43.1. The second-order valence-electron chi connectivity index (χ2n) is 5.77. The van der Waals surface area contributed by atoms with E-state index < -0.39 is 35.2 Å². The SMILES string of the molecule is COC(=O)c1cc(C(=O)N(C)Cc2nccn2CC(F)(F)F)cc([N+](=O)[O-])c1. The van der Waals surface area contributed by atoms with Gasteiger partial charge in [0.25, 0.3) is 11.6 Å². The quantitative estimate of drug-likeness (QED) is 0.419. The Labute approximate surface area is 156 Å². The number of non-ortho nitro benzene ring substituents is 1. The summed E-state index contributed by atoms with van der Waals surface area (Å²) in [6.45, 7) is -1.55. The maximum absolute atomic E-state index is 12.6. The van der Waals surface area contributed by atoms with Gasteiger partial charge in [0.2, 0.25) is 0 Å². The molecule has 9 nitrogen and oxygen atoms in total. The Hall–Kier alpha value is -3.44. The largest absolute Gasteiger partial charge is 0.465 e. The molecule has 0 saturated heterocycles. The molecule has 1 heterocycles. The van der Waals surface area contributed by atoms with Crippen LogP contribution in [0.5, 0.6) is 0 Å². The smallest absolute Gasteiger partial charge is 0.406 e. The monoisotopic (exact) mass is 400 g/mol. The minimum Gasteiger partial charge on any atom is -0.465 e. The molecule has 0 aliphatic heterocycles. The highest BCUT2D eigenvalue weighted by molar-refractivity contribution is 5.98. The number of hydrogen-bond acceptors (Lipinski definition) is 6. The zero-order valence-corrected chi connectivity index (χ0v) is 14.8. The maximum atomic E-state index is 12.6. The Morgan fingerprint density at radius 3 is 2.50 bits per heavy atom. The first kappa shape index (κ1) is 20.9. The maximum Gasteiger partial charge on any atom is 0.406 e. The van der Waals surface area contributed by atoms with E-state index >= 15 is 0 Å². The van der Waals surface area contributed by atoms with Crippen LogP contribution in [0.15, 0.2) is 30.6 Å². The average Bonchev–Trinajstić information content (AvgIpc) is 3.04. The van der Waals surface area contributed by atoms with Gasteiger partial charge < -0.3 is 14.2 Å². The number of carbonyl (C=O) groups is 2. The highest BCUT2D eigenvalue weighted by atomic mass is 19.4. The van der Waals surface area contributed by atoms with E-state index in [4.69, 9.17) is 0 Å². The van der Waals surface area contributed by atoms with Gasteiger partial charge in [0, 0.05) is 37.1 Å². The van der Waals surface area contributed by atoms with Crippen molar-refractivity contribution in [2.45, 2.75) is 19.3 Å².